The summed E-state index contributed by atoms with van der Waals surface area (Å²) in [6.45, 7) is 0. The molecule has 0 fully saturated rings. The Morgan fingerprint density at radius 1 is 1.29 bits per heavy atom. The van der Waals surface area contributed by atoms with Crippen LogP contribution in [-0.4, -0.2) is 27.3 Å². The first-order chi connectivity index (χ1) is 11.3. The van der Waals surface area contributed by atoms with Gasteiger partial charge in [0.25, 0.3) is 11.7 Å². The number of rotatable bonds is 4. The number of ketones is 1. The lowest BCUT2D eigenvalue weighted by molar-refractivity contribution is -0.131. The van der Waals surface area contributed by atoms with Gasteiger partial charge < -0.3 is 15.0 Å². The van der Waals surface area contributed by atoms with E-state index < -0.39 is 40.6 Å². The highest BCUT2D eigenvalue weighted by atomic mass is 19.1. The highest BCUT2D eigenvalue weighted by Gasteiger charge is 2.27. The first-order valence-corrected chi connectivity index (χ1v) is 6.39. The first kappa shape index (κ1) is 16.8. The Hall–Kier alpha value is -3.54. The smallest absolute Gasteiger partial charge is 0.377 e. The third kappa shape index (κ3) is 2.98. The summed E-state index contributed by atoms with van der Waals surface area (Å²) in [5, 5.41) is 19.6. The van der Waals surface area contributed by atoms with Crippen LogP contribution in [0.15, 0.2) is 24.4 Å². The van der Waals surface area contributed by atoms with E-state index in [4.69, 9.17) is 10.4 Å². The van der Waals surface area contributed by atoms with Crippen LogP contribution >= 0.6 is 0 Å². The van der Waals surface area contributed by atoms with Crippen molar-refractivity contribution in [3.63, 3.8) is 0 Å². The molecule has 1 aromatic carbocycles. The van der Waals surface area contributed by atoms with E-state index in [1.165, 1.54) is 7.05 Å². The van der Waals surface area contributed by atoms with Crippen molar-refractivity contribution in [1.82, 2.24) is 4.57 Å². The van der Waals surface area contributed by atoms with E-state index in [0.717, 1.165) is 29.0 Å². The highest BCUT2D eigenvalue weighted by Crippen LogP contribution is 2.19. The van der Waals surface area contributed by atoms with E-state index in [-0.39, 0.29) is 11.3 Å². The minimum Gasteiger partial charge on any atom is -0.475 e. The number of halogens is 2. The van der Waals surface area contributed by atoms with E-state index >= 15 is 0 Å². The minimum atomic E-state index is -1.86. The standard InChI is InChI=1S/C15H9F2N3O4/c1-20-6-9(13(21)15(23)24)11(17)12(20)14(22)19-8-2-3-10(16)7(4-8)5-18/h2-4,6H,1H3,(H,19,22)(H,23,24). The van der Waals surface area contributed by atoms with Crippen molar-refractivity contribution in [2.24, 2.45) is 7.05 Å². The van der Waals surface area contributed by atoms with Gasteiger partial charge in [-0.2, -0.15) is 5.26 Å². The summed E-state index contributed by atoms with van der Waals surface area (Å²) in [5.74, 6) is -6.41. The van der Waals surface area contributed by atoms with Crippen molar-refractivity contribution in [3.05, 3.63) is 52.9 Å². The van der Waals surface area contributed by atoms with Crippen molar-refractivity contribution in [1.29, 1.82) is 5.26 Å². The normalized spacial score (nSPS) is 10.1. The Bertz CT molecular complexity index is 912. The number of hydrogen-bond donors (Lipinski definition) is 2. The number of aryl methyl sites for hydroxylation is 1. The number of carbonyl (C=O) groups excluding carboxylic acids is 2. The molecule has 0 saturated carbocycles. The van der Waals surface area contributed by atoms with Crippen molar-refractivity contribution in [2.75, 3.05) is 5.32 Å². The van der Waals surface area contributed by atoms with Crippen LogP contribution in [0.3, 0.4) is 0 Å². The molecular weight excluding hydrogens is 324 g/mol. The fourth-order valence-corrected chi connectivity index (χ4v) is 2.01. The van der Waals surface area contributed by atoms with E-state index in [2.05, 4.69) is 5.32 Å². The van der Waals surface area contributed by atoms with Gasteiger partial charge in [0, 0.05) is 18.9 Å². The molecule has 0 saturated heterocycles. The van der Waals surface area contributed by atoms with Gasteiger partial charge in [-0.25, -0.2) is 13.6 Å². The molecule has 0 aliphatic carbocycles. The van der Waals surface area contributed by atoms with Crippen molar-refractivity contribution in [3.8, 4) is 6.07 Å². The van der Waals surface area contributed by atoms with Gasteiger partial charge >= 0.3 is 5.97 Å². The number of nitriles is 1. The Labute approximate surface area is 133 Å². The molecule has 0 aliphatic rings. The van der Waals surface area contributed by atoms with E-state index in [9.17, 15) is 23.2 Å². The lowest BCUT2D eigenvalue weighted by Crippen LogP contribution is -2.18. The molecule has 9 heteroatoms. The van der Waals surface area contributed by atoms with E-state index in [0.29, 0.717) is 0 Å². The molecule has 1 aromatic heterocycles. The molecule has 0 radical (unpaired) electrons. The second-order valence-electron chi connectivity index (χ2n) is 4.71. The number of aromatic nitrogens is 1. The SMILES string of the molecule is Cn1cc(C(=O)C(=O)O)c(F)c1C(=O)Nc1ccc(F)c(C#N)c1. The topological polar surface area (TPSA) is 112 Å². The van der Waals surface area contributed by atoms with Crippen LogP contribution in [-0.2, 0) is 11.8 Å². The molecule has 2 aromatic rings. The molecule has 1 amide bonds. The molecule has 2 N–H and O–H groups in total. The lowest BCUT2D eigenvalue weighted by atomic mass is 10.2. The zero-order chi connectivity index (χ0) is 18.0. The van der Waals surface area contributed by atoms with Gasteiger partial charge in [0.1, 0.15) is 17.6 Å². The summed E-state index contributed by atoms with van der Waals surface area (Å²) < 4.78 is 28.4. The Morgan fingerprint density at radius 2 is 1.96 bits per heavy atom. The van der Waals surface area contributed by atoms with Crippen LogP contribution in [0.2, 0.25) is 0 Å². The zero-order valence-electron chi connectivity index (χ0n) is 12.1. The second kappa shape index (κ2) is 6.29. The van der Waals surface area contributed by atoms with Gasteiger partial charge in [0.2, 0.25) is 0 Å². The summed E-state index contributed by atoms with van der Waals surface area (Å²) in [5.41, 5.74) is -1.62. The molecule has 122 valence electrons. The summed E-state index contributed by atoms with van der Waals surface area (Å²) in [7, 11) is 1.25. The molecule has 1 heterocycles. The van der Waals surface area contributed by atoms with Crippen LogP contribution in [0.25, 0.3) is 0 Å². The average molecular weight is 333 g/mol. The molecule has 0 aliphatic heterocycles. The maximum Gasteiger partial charge on any atom is 0.377 e. The molecule has 7 nitrogen and oxygen atoms in total. The largest absolute Gasteiger partial charge is 0.475 e. The fraction of sp³-hybridized carbons (Fsp3) is 0.0667. The predicted octanol–water partition coefficient (Wildman–Crippen LogP) is 1.69. The van der Waals surface area contributed by atoms with Crippen molar-refractivity contribution < 1.29 is 28.3 Å². The maximum atomic E-state index is 14.2. The van der Waals surface area contributed by atoms with E-state index in [1.54, 1.807) is 6.07 Å². The number of anilines is 1. The average Bonchev–Trinajstić information content (AvgIpc) is 2.82. The molecule has 0 bridgehead atoms. The third-order valence-electron chi connectivity index (χ3n) is 3.12. The van der Waals surface area contributed by atoms with Crippen LogP contribution in [0.1, 0.15) is 26.4 Å². The maximum absolute atomic E-state index is 14.2. The van der Waals surface area contributed by atoms with E-state index in [1.807, 2.05) is 0 Å². The number of nitrogens with one attached hydrogen (secondary N) is 1. The van der Waals surface area contributed by atoms with Crippen LogP contribution < -0.4 is 5.32 Å². The van der Waals surface area contributed by atoms with Crippen LogP contribution in [0.5, 0.6) is 0 Å². The van der Waals surface area contributed by atoms with Crippen LogP contribution in [0, 0.1) is 23.0 Å². The number of hydrogen-bond acceptors (Lipinski definition) is 4. The molecular formula is C15H9F2N3O4. The Morgan fingerprint density at radius 3 is 2.54 bits per heavy atom. The number of carbonyl (C=O) groups is 3. The second-order valence-corrected chi connectivity index (χ2v) is 4.71. The number of carboxylic acids is 1. The Balaban J connectivity index is 2.36. The monoisotopic (exact) mass is 333 g/mol. The number of benzene rings is 1. The number of amides is 1. The summed E-state index contributed by atoms with van der Waals surface area (Å²) in [4.78, 5) is 34.2. The lowest BCUT2D eigenvalue weighted by Gasteiger charge is -2.07. The van der Waals surface area contributed by atoms with Gasteiger partial charge in [-0.3, -0.25) is 9.59 Å². The van der Waals surface area contributed by atoms with Gasteiger partial charge in [0.15, 0.2) is 5.82 Å². The van der Waals surface area contributed by atoms with Gasteiger partial charge in [-0.1, -0.05) is 0 Å². The first-order valence-electron chi connectivity index (χ1n) is 6.39. The third-order valence-corrected chi connectivity index (χ3v) is 3.12. The molecule has 24 heavy (non-hydrogen) atoms. The summed E-state index contributed by atoms with van der Waals surface area (Å²) in [6.07, 6.45) is 0.881. The fourth-order valence-electron chi connectivity index (χ4n) is 2.01. The minimum absolute atomic E-state index is 0.0321. The number of nitrogens with zero attached hydrogens (tertiary/aromatic N) is 2. The van der Waals surface area contributed by atoms with Gasteiger partial charge in [0.05, 0.1) is 11.1 Å². The number of aliphatic carboxylic acids is 1. The molecule has 0 unspecified atom stereocenters. The highest BCUT2D eigenvalue weighted by molar-refractivity contribution is 6.40. The Kier molecular flexibility index (Phi) is 4.41. The molecule has 2 rings (SSSR count). The molecule has 0 spiro atoms. The quantitative estimate of drug-likeness (QED) is 0.653. The van der Waals surface area contributed by atoms with Gasteiger partial charge in [-0.05, 0) is 18.2 Å². The zero-order valence-corrected chi connectivity index (χ0v) is 12.1. The van der Waals surface area contributed by atoms with Gasteiger partial charge in [-0.15, -0.1) is 0 Å². The molecule has 0 atom stereocenters. The summed E-state index contributed by atoms with van der Waals surface area (Å²) >= 11 is 0. The number of Topliss-reactive ketones (excluding diaryl/α,β-unsaturated/α-hetero) is 1. The van der Waals surface area contributed by atoms with Crippen LogP contribution in [0.4, 0.5) is 14.5 Å². The van der Waals surface area contributed by atoms with Crippen molar-refractivity contribution >= 4 is 23.3 Å². The number of carboxylic acid groups (broad SMARTS) is 1. The predicted molar refractivity (Wildman–Crippen MR) is 76.4 cm³/mol. The summed E-state index contributed by atoms with van der Waals surface area (Å²) in [6, 6.07) is 4.76. The van der Waals surface area contributed by atoms with Crippen molar-refractivity contribution in [2.45, 2.75) is 0 Å².